The number of hydrogen-bond donors (Lipinski definition) is 2. The van der Waals surface area contributed by atoms with Crippen LogP contribution in [0.2, 0.25) is 0 Å². The van der Waals surface area contributed by atoms with Gasteiger partial charge in [-0.1, -0.05) is 6.07 Å². The van der Waals surface area contributed by atoms with E-state index in [1.165, 1.54) is 0 Å². The van der Waals surface area contributed by atoms with Crippen molar-refractivity contribution in [3.05, 3.63) is 29.3 Å². The van der Waals surface area contributed by atoms with Gasteiger partial charge in [-0.3, -0.25) is 4.79 Å². The number of hydrogen-bond acceptors (Lipinski definition) is 2. The molecule has 0 radical (unpaired) electrons. The van der Waals surface area contributed by atoms with Crippen LogP contribution in [-0.4, -0.2) is 11.1 Å². The molecule has 0 aliphatic heterocycles. The lowest BCUT2D eigenvalue weighted by Gasteiger charge is -2.09. The van der Waals surface area contributed by atoms with Crippen LogP contribution in [-0.2, 0) is 17.4 Å². The summed E-state index contributed by atoms with van der Waals surface area (Å²) in [6, 6.07) is 2.79. The Morgan fingerprint density at radius 1 is 1.40 bits per heavy atom. The maximum absolute atomic E-state index is 12.2. The maximum Gasteiger partial charge on any atom is 0.416 e. The Morgan fingerprint density at radius 2 is 2.00 bits per heavy atom. The second-order valence-corrected chi connectivity index (χ2v) is 3.39. The Balaban J connectivity index is 3.03. The van der Waals surface area contributed by atoms with E-state index in [1.807, 2.05) is 0 Å². The summed E-state index contributed by atoms with van der Waals surface area (Å²) in [5, 5.41) is 8.46. The number of aliphatic carboxylic acids is 1. The first kappa shape index (κ1) is 11.9. The predicted octanol–water partition coefficient (Wildman–Crippen LogP) is 2.62. The van der Waals surface area contributed by atoms with Crippen molar-refractivity contribution < 1.29 is 23.1 Å². The van der Waals surface area contributed by atoms with E-state index in [4.69, 9.17) is 5.11 Å². The summed E-state index contributed by atoms with van der Waals surface area (Å²) in [5.74, 6) is -1.11. The minimum Gasteiger partial charge on any atom is -0.481 e. The van der Waals surface area contributed by atoms with Gasteiger partial charge in [0.25, 0.3) is 0 Å². The van der Waals surface area contributed by atoms with Crippen molar-refractivity contribution in [3.8, 4) is 0 Å². The number of benzene rings is 1. The number of carboxylic acid groups (broad SMARTS) is 1. The Morgan fingerprint density at radius 3 is 2.40 bits per heavy atom. The van der Waals surface area contributed by atoms with Gasteiger partial charge in [0.05, 0.1) is 12.0 Å². The highest BCUT2D eigenvalue weighted by molar-refractivity contribution is 7.80. The molecule has 1 aromatic rings. The largest absolute Gasteiger partial charge is 0.481 e. The molecule has 0 unspecified atom stereocenters. The third kappa shape index (κ3) is 3.16. The van der Waals surface area contributed by atoms with Gasteiger partial charge in [-0.15, -0.1) is 12.6 Å². The van der Waals surface area contributed by atoms with Gasteiger partial charge in [0.15, 0.2) is 0 Å². The molecule has 0 aromatic heterocycles. The molecule has 0 saturated carbocycles. The van der Waals surface area contributed by atoms with E-state index in [2.05, 4.69) is 12.6 Å². The Kier molecular flexibility index (Phi) is 3.28. The van der Waals surface area contributed by atoms with Crippen LogP contribution in [0.4, 0.5) is 13.2 Å². The molecule has 0 fully saturated rings. The lowest BCUT2D eigenvalue weighted by Crippen LogP contribution is -2.07. The molecular weight excluding hydrogens is 229 g/mol. The van der Waals surface area contributed by atoms with Crippen molar-refractivity contribution in [1.82, 2.24) is 0 Å². The summed E-state index contributed by atoms with van der Waals surface area (Å²) in [7, 11) is 0. The number of alkyl halides is 3. The van der Waals surface area contributed by atoms with Crippen LogP contribution in [0.25, 0.3) is 0 Å². The lowest BCUT2D eigenvalue weighted by atomic mass is 10.1. The number of carbonyl (C=O) groups is 1. The van der Waals surface area contributed by atoms with Crippen LogP contribution >= 0.6 is 12.6 Å². The summed E-state index contributed by atoms with van der Waals surface area (Å²) in [4.78, 5) is 10.4. The minimum absolute atomic E-state index is 0.0345. The smallest absolute Gasteiger partial charge is 0.416 e. The fraction of sp³-hybridized carbons (Fsp3) is 0.222. The molecule has 6 heteroatoms. The van der Waals surface area contributed by atoms with Crippen LogP contribution in [0.5, 0.6) is 0 Å². The normalized spacial score (nSPS) is 11.5. The number of thiol groups is 1. The molecule has 2 nitrogen and oxygen atoms in total. The van der Waals surface area contributed by atoms with Crippen LogP contribution in [0, 0.1) is 0 Å². The molecule has 0 aliphatic carbocycles. The summed E-state index contributed by atoms with van der Waals surface area (Å²) in [5.41, 5.74) is -0.569. The number of rotatable bonds is 2. The molecule has 0 spiro atoms. The zero-order valence-electron chi connectivity index (χ0n) is 7.38. The molecular formula is C9H7F3O2S. The fourth-order valence-corrected chi connectivity index (χ4v) is 1.35. The Labute approximate surface area is 89.1 Å². The second kappa shape index (κ2) is 4.14. The van der Waals surface area contributed by atoms with Gasteiger partial charge in [0.2, 0.25) is 0 Å². The molecule has 0 bridgehead atoms. The third-order valence-electron chi connectivity index (χ3n) is 1.75. The van der Waals surface area contributed by atoms with Crippen LogP contribution in [0.15, 0.2) is 23.1 Å². The van der Waals surface area contributed by atoms with Crippen molar-refractivity contribution in [2.45, 2.75) is 17.5 Å². The molecule has 1 rings (SSSR count). The monoisotopic (exact) mass is 236 g/mol. The Hall–Kier alpha value is -1.17. The molecule has 0 heterocycles. The first-order valence-corrected chi connectivity index (χ1v) is 4.36. The van der Waals surface area contributed by atoms with E-state index in [0.717, 1.165) is 18.2 Å². The van der Waals surface area contributed by atoms with E-state index >= 15 is 0 Å². The summed E-state index contributed by atoms with van der Waals surface area (Å²) in [6.07, 6.45) is -4.77. The van der Waals surface area contributed by atoms with E-state index in [9.17, 15) is 18.0 Å². The van der Waals surface area contributed by atoms with Crippen molar-refractivity contribution in [2.24, 2.45) is 0 Å². The molecule has 1 N–H and O–H groups in total. The van der Waals surface area contributed by atoms with Gasteiger partial charge < -0.3 is 5.11 Å². The molecule has 1 aromatic carbocycles. The van der Waals surface area contributed by atoms with E-state index in [1.54, 1.807) is 0 Å². The van der Waals surface area contributed by atoms with E-state index < -0.39 is 17.7 Å². The van der Waals surface area contributed by atoms with E-state index in [-0.39, 0.29) is 16.9 Å². The van der Waals surface area contributed by atoms with Crippen molar-refractivity contribution >= 4 is 18.6 Å². The first-order chi connectivity index (χ1) is 6.80. The average Bonchev–Trinajstić information content (AvgIpc) is 2.05. The summed E-state index contributed by atoms with van der Waals surface area (Å²) < 4.78 is 36.6. The number of halogens is 3. The quantitative estimate of drug-likeness (QED) is 0.774. The molecule has 15 heavy (non-hydrogen) atoms. The van der Waals surface area contributed by atoms with Crippen molar-refractivity contribution in [3.63, 3.8) is 0 Å². The Bertz CT molecular complexity index is 387. The standard InChI is InChI=1S/C9H7F3O2S/c10-9(11,12)6-2-1-5(3-8(13)14)7(15)4-6/h1-2,4,15H,3H2,(H,13,14). The van der Waals surface area contributed by atoms with Gasteiger partial charge in [-0.2, -0.15) is 13.2 Å². The van der Waals surface area contributed by atoms with Gasteiger partial charge in [0.1, 0.15) is 0 Å². The minimum atomic E-state index is -4.43. The summed E-state index contributed by atoms with van der Waals surface area (Å²) >= 11 is 3.81. The topological polar surface area (TPSA) is 37.3 Å². The SMILES string of the molecule is O=C(O)Cc1ccc(C(F)(F)F)cc1S. The zero-order valence-corrected chi connectivity index (χ0v) is 8.27. The number of carboxylic acids is 1. The van der Waals surface area contributed by atoms with Gasteiger partial charge in [0, 0.05) is 4.90 Å². The molecule has 82 valence electrons. The highest BCUT2D eigenvalue weighted by Crippen LogP contribution is 2.31. The van der Waals surface area contributed by atoms with E-state index in [0.29, 0.717) is 0 Å². The molecule has 0 aliphatic rings. The maximum atomic E-state index is 12.2. The zero-order chi connectivity index (χ0) is 11.6. The van der Waals surface area contributed by atoms with Crippen molar-refractivity contribution in [1.29, 1.82) is 0 Å². The fourth-order valence-electron chi connectivity index (χ4n) is 1.05. The molecule has 0 amide bonds. The van der Waals surface area contributed by atoms with Gasteiger partial charge >= 0.3 is 12.1 Å². The van der Waals surface area contributed by atoms with Crippen molar-refractivity contribution in [2.75, 3.05) is 0 Å². The summed E-state index contributed by atoms with van der Waals surface area (Å²) in [6.45, 7) is 0. The average molecular weight is 236 g/mol. The molecule has 0 saturated heterocycles. The van der Waals surface area contributed by atoms with Crippen LogP contribution in [0.1, 0.15) is 11.1 Å². The third-order valence-corrected chi connectivity index (χ3v) is 2.17. The van der Waals surface area contributed by atoms with Gasteiger partial charge in [-0.05, 0) is 17.7 Å². The predicted molar refractivity (Wildman–Crippen MR) is 50.0 cm³/mol. The highest BCUT2D eigenvalue weighted by atomic mass is 32.1. The first-order valence-electron chi connectivity index (χ1n) is 3.91. The van der Waals surface area contributed by atoms with Crippen LogP contribution in [0.3, 0.4) is 0 Å². The van der Waals surface area contributed by atoms with Crippen LogP contribution < -0.4 is 0 Å². The molecule has 0 atom stereocenters. The highest BCUT2D eigenvalue weighted by Gasteiger charge is 2.30. The van der Waals surface area contributed by atoms with Gasteiger partial charge in [-0.25, -0.2) is 0 Å². The second-order valence-electron chi connectivity index (χ2n) is 2.91. The lowest BCUT2D eigenvalue weighted by molar-refractivity contribution is -0.137.